The molecule has 222 valence electrons. The number of halogens is 3. The molecule has 3 aromatic heterocycles. The fourth-order valence-corrected chi connectivity index (χ4v) is 5.09. The number of ketones is 1. The summed E-state index contributed by atoms with van der Waals surface area (Å²) in [4.78, 5) is 58.3. The molecule has 2 amide bonds. The van der Waals surface area contributed by atoms with E-state index >= 15 is 0 Å². The van der Waals surface area contributed by atoms with Crippen molar-refractivity contribution < 1.29 is 32.7 Å². The highest BCUT2D eigenvalue weighted by atomic mass is 19.4. The third kappa shape index (κ3) is 5.48. The van der Waals surface area contributed by atoms with E-state index in [2.05, 4.69) is 25.3 Å². The monoisotopic (exact) mass is 587 g/mol. The van der Waals surface area contributed by atoms with E-state index < -0.39 is 30.4 Å². The molecule has 1 saturated heterocycles. The van der Waals surface area contributed by atoms with Crippen LogP contribution in [0.3, 0.4) is 0 Å². The van der Waals surface area contributed by atoms with Gasteiger partial charge in [0.15, 0.2) is 11.5 Å². The number of Topliss-reactive ketones (excluding diaryl/α,β-unsaturated/α-hetero) is 1. The van der Waals surface area contributed by atoms with Gasteiger partial charge in [-0.3, -0.25) is 19.3 Å². The second kappa shape index (κ2) is 11.0. The molecular weight excluding hydrogens is 559 g/mol. The average Bonchev–Trinajstić information content (AvgIpc) is 3.56. The highest BCUT2D eigenvalue weighted by Gasteiger charge is 2.47. The summed E-state index contributed by atoms with van der Waals surface area (Å²) < 4.78 is 41.4. The molecule has 0 radical (unpaired) electrons. The van der Waals surface area contributed by atoms with Crippen LogP contribution in [0.4, 0.5) is 30.8 Å². The Balaban J connectivity index is 1.31. The number of aryl methyl sites for hydroxylation is 1. The van der Waals surface area contributed by atoms with E-state index in [-0.39, 0.29) is 55.1 Å². The van der Waals surface area contributed by atoms with Crippen LogP contribution in [0.1, 0.15) is 36.1 Å². The summed E-state index contributed by atoms with van der Waals surface area (Å²) >= 11 is 0. The van der Waals surface area contributed by atoms with E-state index in [1.54, 1.807) is 25.1 Å². The molecule has 0 spiro atoms. The van der Waals surface area contributed by atoms with Gasteiger partial charge in [-0.2, -0.15) is 13.2 Å². The second-order valence-electron chi connectivity index (χ2n) is 10.1. The molecule has 2 aliphatic rings. The molecule has 2 N–H and O–H groups in total. The summed E-state index contributed by atoms with van der Waals surface area (Å²) in [7, 11) is 1.52. The number of rotatable bonds is 7. The Labute approximate surface area is 238 Å². The number of carbonyl (C=O) groups excluding carboxylic acids is 3. The SMILES string of the molecule is CC(=O)CN1C(=O)c2c(nc(C)n2CC(=O)Nc2cccc(-c3cnc(N4CCC[C@H]4C(F)(F)F)nc3)n2)N(C)C1O. The Bertz CT molecular complexity index is 1530. The van der Waals surface area contributed by atoms with Crippen molar-refractivity contribution in [2.75, 3.05) is 35.3 Å². The van der Waals surface area contributed by atoms with Gasteiger partial charge in [0.05, 0.1) is 12.2 Å². The van der Waals surface area contributed by atoms with Crippen molar-refractivity contribution in [3.8, 4) is 11.3 Å². The Kier molecular flexibility index (Phi) is 7.57. The van der Waals surface area contributed by atoms with Crippen LogP contribution in [-0.4, -0.2) is 90.8 Å². The Morgan fingerprint density at radius 1 is 1.14 bits per heavy atom. The molecule has 13 nitrogen and oxygen atoms in total. The molecule has 3 aromatic rings. The lowest BCUT2D eigenvalue weighted by molar-refractivity contribution is -0.146. The maximum Gasteiger partial charge on any atom is 0.408 e. The van der Waals surface area contributed by atoms with Crippen LogP contribution in [0.25, 0.3) is 11.3 Å². The number of hydrogen-bond acceptors (Lipinski definition) is 10. The third-order valence-electron chi connectivity index (χ3n) is 7.10. The number of aromatic nitrogens is 5. The molecule has 2 atom stereocenters. The third-order valence-corrected chi connectivity index (χ3v) is 7.10. The number of anilines is 3. The first kappa shape index (κ1) is 28.9. The van der Waals surface area contributed by atoms with Crippen molar-refractivity contribution in [3.05, 3.63) is 42.1 Å². The highest BCUT2D eigenvalue weighted by Crippen LogP contribution is 2.35. The van der Waals surface area contributed by atoms with Gasteiger partial charge in [0.2, 0.25) is 18.2 Å². The van der Waals surface area contributed by atoms with E-state index in [1.807, 2.05) is 0 Å². The summed E-state index contributed by atoms with van der Waals surface area (Å²) in [5.74, 6) is -0.806. The molecule has 1 fully saturated rings. The number of carbonyl (C=O) groups is 3. The van der Waals surface area contributed by atoms with Gasteiger partial charge in [0.25, 0.3) is 5.91 Å². The lowest BCUT2D eigenvalue weighted by atomic mass is 10.2. The van der Waals surface area contributed by atoms with Gasteiger partial charge in [0.1, 0.15) is 30.0 Å². The number of fused-ring (bicyclic) bond motifs is 1. The zero-order chi connectivity index (χ0) is 30.3. The van der Waals surface area contributed by atoms with E-state index in [9.17, 15) is 32.7 Å². The van der Waals surface area contributed by atoms with Crippen LogP contribution in [0.15, 0.2) is 30.6 Å². The fraction of sp³-hybridized carbons (Fsp3) is 0.423. The standard InChI is InChI=1S/C26H28F3N9O4/c1-14(39)12-38-23(41)21-22(35(3)25(38)42)32-15(2)37(21)13-20(40)34-19-8-4-6-17(33-19)16-10-30-24(31-11-16)36-9-5-7-18(36)26(27,28)29/h4,6,8,10-11,18,25,42H,5,7,9,12-13H2,1-3H3,(H,33,34,40)/t18-,25?/m0/s1. The molecule has 0 saturated carbocycles. The molecule has 0 aromatic carbocycles. The number of aliphatic hydroxyl groups is 1. The van der Waals surface area contributed by atoms with E-state index in [0.29, 0.717) is 23.5 Å². The van der Waals surface area contributed by atoms with Gasteiger partial charge in [-0.25, -0.2) is 19.9 Å². The zero-order valence-electron chi connectivity index (χ0n) is 23.0. The quantitative estimate of drug-likeness (QED) is 0.420. The average molecular weight is 588 g/mol. The lowest BCUT2D eigenvalue weighted by Gasteiger charge is -2.38. The number of alkyl halides is 3. The molecule has 1 unspecified atom stereocenters. The van der Waals surface area contributed by atoms with E-state index in [0.717, 1.165) is 9.80 Å². The van der Waals surface area contributed by atoms with Crippen LogP contribution in [-0.2, 0) is 16.1 Å². The minimum absolute atomic E-state index is 0.0111. The van der Waals surface area contributed by atoms with Crippen molar-refractivity contribution in [3.63, 3.8) is 0 Å². The maximum atomic E-state index is 13.3. The van der Waals surface area contributed by atoms with Gasteiger partial charge in [-0.05, 0) is 38.8 Å². The van der Waals surface area contributed by atoms with Crippen molar-refractivity contribution in [2.45, 2.75) is 51.8 Å². The summed E-state index contributed by atoms with van der Waals surface area (Å²) in [6, 6.07) is 3.20. The second-order valence-corrected chi connectivity index (χ2v) is 10.1. The Morgan fingerprint density at radius 2 is 1.86 bits per heavy atom. The molecule has 0 bridgehead atoms. The van der Waals surface area contributed by atoms with Crippen LogP contribution in [0, 0.1) is 6.92 Å². The maximum absolute atomic E-state index is 13.3. The molecule has 16 heteroatoms. The van der Waals surface area contributed by atoms with E-state index in [4.69, 9.17) is 0 Å². The van der Waals surface area contributed by atoms with Crippen LogP contribution >= 0.6 is 0 Å². The van der Waals surface area contributed by atoms with Crippen molar-refractivity contribution in [2.24, 2.45) is 0 Å². The van der Waals surface area contributed by atoms with Crippen molar-refractivity contribution in [1.82, 2.24) is 29.4 Å². The molecule has 5 rings (SSSR count). The highest BCUT2D eigenvalue weighted by molar-refractivity contribution is 6.02. The van der Waals surface area contributed by atoms with Gasteiger partial charge in [-0.15, -0.1) is 0 Å². The zero-order valence-corrected chi connectivity index (χ0v) is 23.0. The number of nitrogens with one attached hydrogen (secondary N) is 1. The Morgan fingerprint density at radius 3 is 2.52 bits per heavy atom. The summed E-state index contributed by atoms with van der Waals surface area (Å²) in [6.45, 7) is 2.49. The number of amides is 2. The fourth-order valence-electron chi connectivity index (χ4n) is 5.09. The first-order chi connectivity index (χ1) is 19.8. The first-order valence-corrected chi connectivity index (χ1v) is 13.1. The van der Waals surface area contributed by atoms with Gasteiger partial charge < -0.3 is 24.8 Å². The van der Waals surface area contributed by atoms with Crippen molar-refractivity contribution in [1.29, 1.82) is 0 Å². The number of nitrogens with zero attached hydrogens (tertiary/aromatic N) is 8. The largest absolute Gasteiger partial charge is 0.408 e. The van der Waals surface area contributed by atoms with E-state index in [1.165, 1.54) is 35.8 Å². The molecule has 42 heavy (non-hydrogen) atoms. The normalized spacial score (nSPS) is 18.8. The van der Waals surface area contributed by atoms with Crippen LogP contribution in [0.2, 0.25) is 0 Å². The van der Waals surface area contributed by atoms with Crippen molar-refractivity contribution >= 4 is 35.2 Å². The van der Waals surface area contributed by atoms with Crippen LogP contribution < -0.4 is 15.1 Å². The molecule has 2 aliphatic heterocycles. The predicted octanol–water partition coefficient (Wildman–Crippen LogP) is 1.97. The summed E-state index contributed by atoms with van der Waals surface area (Å²) in [5.41, 5.74) is 0.881. The number of hydrogen-bond donors (Lipinski definition) is 2. The van der Waals surface area contributed by atoms with Gasteiger partial charge >= 0.3 is 6.18 Å². The molecule has 0 aliphatic carbocycles. The smallest absolute Gasteiger partial charge is 0.356 e. The predicted molar refractivity (Wildman–Crippen MR) is 143 cm³/mol. The topological polar surface area (TPSA) is 150 Å². The van der Waals surface area contributed by atoms with Crippen LogP contribution in [0.5, 0.6) is 0 Å². The summed E-state index contributed by atoms with van der Waals surface area (Å²) in [6.07, 6.45) is -2.62. The number of aliphatic hydroxyl groups excluding tert-OH is 1. The number of pyridine rings is 1. The van der Waals surface area contributed by atoms with Gasteiger partial charge in [0, 0.05) is 31.5 Å². The molecular formula is C26H28F3N9O4. The van der Waals surface area contributed by atoms with Gasteiger partial charge in [-0.1, -0.05) is 6.07 Å². The molecule has 5 heterocycles. The minimum atomic E-state index is -4.38. The lowest BCUT2D eigenvalue weighted by Crippen LogP contribution is -2.55. The minimum Gasteiger partial charge on any atom is -0.356 e. The Hall–Kier alpha value is -4.60. The number of imidazole rings is 1. The summed E-state index contributed by atoms with van der Waals surface area (Å²) in [5, 5.41) is 13.2. The first-order valence-electron chi connectivity index (χ1n) is 13.1.